The number of hydrogen-bond acceptors (Lipinski definition) is 4. The van der Waals surface area contributed by atoms with Crippen molar-refractivity contribution in [2.24, 2.45) is 0 Å². The molecule has 3 rings (SSSR count). The molecule has 0 heterocycles. The van der Waals surface area contributed by atoms with E-state index in [1.165, 1.54) is 16.4 Å². The predicted octanol–water partition coefficient (Wildman–Crippen LogP) is 5.45. The van der Waals surface area contributed by atoms with Crippen LogP contribution in [0.4, 0.5) is 0 Å². The Bertz CT molecular complexity index is 1180. The number of hydrogen-bond donors (Lipinski definition) is 1. The summed E-state index contributed by atoms with van der Waals surface area (Å²) in [6.07, 6.45) is 1.33. The summed E-state index contributed by atoms with van der Waals surface area (Å²) in [5.74, 6) is -0.172. The Morgan fingerprint density at radius 3 is 2.26 bits per heavy atom. The first-order valence-electron chi connectivity index (χ1n) is 11.5. The normalized spacial score (nSPS) is 12.5. The average Bonchev–Trinajstić information content (AvgIpc) is 2.87. The van der Waals surface area contributed by atoms with Gasteiger partial charge in [0.05, 0.1) is 10.9 Å². The Morgan fingerprint density at radius 2 is 1.66 bits per heavy atom. The minimum atomic E-state index is -3.84. The zero-order chi connectivity index (χ0) is 25.3. The fourth-order valence-corrected chi connectivity index (χ4v) is 5.65. The topological polar surface area (TPSA) is 75.7 Å². The number of benzene rings is 3. The van der Waals surface area contributed by atoms with Crippen LogP contribution in [0.3, 0.4) is 0 Å². The van der Waals surface area contributed by atoms with Crippen LogP contribution in [0.2, 0.25) is 5.02 Å². The van der Waals surface area contributed by atoms with Crippen LogP contribution in [0.1, 0.15) is 47.3 Å². The van der Waals surface area contributed by atoms with E-state index >= 15 is 0 Å². The van der Waals surface area contributed by atoms with Gasteiger partial charge in [0.15, 0.2) is 0 Å². The van der Waals surface area contributed by atoms with Crippen LogP contribution in [0.15, 0.2) is 83.8 Å². The van der Waals surface area contributed by atoms with Crippen molar-refractivity contribution in [1.82, 2.24) is 9.62 Å². The molecule has 35 heavy (non-hydrogen) atoms. The minimum Gasteiger partial charge on any atom is -0.385 e. The van der Waals surface area contributed by atoms with Crippen LogP contribution in [0.25, 0.3) is 0 Å². The van der Waals surface area contributed by atoms with E-state index in [0.717, 1.165) is 17.5 Å². The molecule has 0 fully saturated rings. The molecule has 0 bridgehead atoms. The van der Waals surface area contributed by atoms with E-state index in [9.17, 15) is 13.2 Å². The number of carbonyl (C=O) groups is 1. The highest BCUT2D eigenvalue weighted by Crippen LogP contribution is 2.32. The van der Waals surface area contributed by atoms with Crippen molar-refractivity contribution < 1.29 is 17.9 Å². The molecule has 0 saturated carbocycles. The molecule has 6 nitrogen and oxygen atoms in total. The Labute approximate surface area is 212 Å². The first-order valence-corrected chi connectivity index (χ1v) is 13.4. The summed E-state index contributed by atoms with van der Waals surface area (Å²) < 4.78 is 34.1. The Balaban J connectivity index is 1.88. The fraction of sp³-hybridized carbons (Fsp3) is 0.296. The lowest BCUT2D eigenvalue weighted by Gasteiger charge is -2.31. The first-order chi connectivity index (χ1) is 16.9. The average molecular weight is 515 g/mol. The number of amides is 1. The quantitative estimate of drug-likeness (QED) is 0.326. The molecule has 0 radical (unpaired) electrons. The molecule has 0 aliphatic heterocycles. The van der Waals surface area contributed by atoms with Gasteiger partial charge in [-0.05, 0) is 60.4 Å². The lowest BCUT2D eigenvalue weighted by Crippen LogP contribution is -2.34. The summed E-state index contributed by atoms with van der Waals surface area (Å²) in [7, 11) is -2.21. The van der Waals surface area contributed by atoms with Crippen molar-refractivity contribution in [1.29, 1.82) is 0 Å². The van der Waals surface area contributed by atoms with Crippen LogP contribution in [-0.4, -0.2) is 38.9 Å². The molecular weight excluding hydrogens is 484 g/mol. The Morgan fingerprint density at radius 1 is 1.00 bits per heavy atom. The molecule has 8 heteroatoms. The molecule has 0 aromatic heterocycles. The third kappa shape index (κ3) is 7.15. The highest BCUT2D eigenvalue weighted by atomic mass is 35.5. The molecule has 0 spiro atoms. The zero-order valence-corrected chi connectivity index (χ0v) is 21.6. The molecule has 0 aliphatic carbocycles. The number of carbonyl (C=O) groups excluding carboxylic acids is 1. The highest BCUT2D eigenvalue weighted by molar-refractivity contribution is 7.89. The van der Waals surface area contributed by atoms with Gasteiger partial charge in [-0.1, -0.05) is 61.0 Å². The van der Waals surface area contributed by atoms with Crippen LogP contribution in [-0.2, 0) is 21.3 Å². The number of rotatable bonds is 12. The molecule has 0 saturated heterocycles. The first kappa shape index (κ1) is 26.9. The van der Waals surface area contributed by atoms with Gasteiger partial charge in [0, 0.05) is 37.4 Å². The van der Waals surface area contributed by atoms with Gasteiger partial charge in [-0.2, -0.15) is 4.31 Å². The van der Waals surface area contributed by atoms with E-state index in [2.05, 4.69) is 5.32 Å². The van der Waals surface area contributed by atoms with E-state index in [1.54, 1.807) is 43.5 Å². The maximum Gasteiger partial charge on any atom is 0.251 e. The van der Waals surface area contributed by atoms with Crippen LogP contribution < -0.4 is 5.32 Å². The van der Waals surface area contributed by atoms with E-state index in [-0.39, 0.29) is 23.4 Å². The van der Waals surface area contributed by atoms with Gasteiger partial charge in [0.1, 0.15) is 0 Å². The van der Waals surface area contributed by atoms with Crippen molar-refractivity contribution in [3.05, 3.63) is 101 Å². The van der Waals surface area contributed by atoms with Crippen molar-refractivity contribution in [2.45, 2.75) is 37.2 Å². The van der Waals surface area contributed by atoms with Gasteiger partial charge >= 0.3 is 0 Å². The third-order valence-electron chi connectivity index (χ3n) is 5.70. The van der Waals surface area contributed by atoms with Gasteiger partial charge in [0.2, 0.25) is 10.0 Å². The smallest absolute Gasteiger partial charge is 0.251 e. The largest absolute Gasteiger partial charge is 0.385 e. The SMILES string of the molecule is CC[C@@H](c1ccccc1)N(Cc1ccc(C(=O)NCCCOC)cc1)S(=O)(=O)c1ccc(Cl)cc1. The molecular formula is C27H31ClN2O4S. The Hall–Kier alpha value is -2.71. The van der Waals surface area contributed by atoms with Gasteiger partial charge in [-0.25, -0.2) is 8.42 Å². The lowest BCUT2D eigenvalue weighted by molar-refractivity contribution is 0.0948. The van der Waals surface area contributed by atoms with Crippen LogP contribution in [0.5, 0.6) is 0 Å². The molecule has 186 valence electrons. The maximum absolute atomic E-state index is 13.8. The number of methoxy groups -OCH3 is 1. The summed E-state index contributed by atoms with van der Waals surface area (Å²) >= 11 is 6.00. The molecule has 1 atom stereocenters. The summed E-state index contributed by atoms with van der Waals surface area (Å²) in [6.45, 7) is 3.24. The number of ether oxygens (including phenoxy) is 1. The third-order valence-corrected chi connectivity index (χ3v) is 7.83. The van der Waals surface area contributed by atoms with Crippen molar-refractivity contribution in [3.63, 3.8) is 0 Å². The van der Waals surface area contributed by atoms with Crippen molar-refractivity contribution in [2.75, 3.05) is 20.3 Å². The van der Waals surface area contributed by atoms with E-state index < -0.39 is 10.0 Å². The van der Waals surface area contributed by atoms with Crippen molar-refractivity contribution in [3.8, 4) is 0 Å². The van der Waals surface area contributed by atoms with Gasteiger partial charge in [-0.15, -0.1) is 0 Å². The van der Waals surface area contributed by atoms with Crippen LogP contribution in [0, 0.1) is 0 Å². The maximum atomic E-state index is 13.8. The van der Waals surface area contributed by atoms with Crippen LogP contribution >= 0.6 is 11.6 Å². The summed E-state index contributed by atoms with van der Waals surface area (Å²) in [4.78, 5) is 12.6. The van der Waals surface area contributed by atoms with Gasteiger partial charge < -0.3 is 10.1 Å². The molecule has 3 aromatic carbocycles. The summed E-state index contributed by atoms with van der Waals surface area (Å²) in [5.41, 5.74) is 2.22. The standard InChI is InChI=1S/C27H31ClN2O4S/c1-3-26(22-8-5-4-6-9-22)30(35(32,33)25-16-14-24(28)15-17-25)20-21-10-12-23(13-11-21)27(31)29-18-7-19-34-2/h4-6,8-17,26H,3,7,18-20H2,1-2H3,(H,29,31)/t26-/m0/s1. The van der Waals surface area contributed by atoms with Crippen molar-refractivity contribution >= 4 is 27.5 Å². The van der Waals surface area contributed by atoms with Gasteiger partial charge in [-0.3, -0.25) is 4.79 Å². The molecule has 1 amide bonds. The zero-order valence-electron chi connectivity index (χ0n) is 20.0. The number of halogens is 1. The molecule has 0 unspecified atom stereocenters. The highest BCUT2D eigenvalue weighted by Gasteiger charge is 2.31. The molecule has 0 aliphatic rings. The van der Waals surface area contributed by atoms with E-state index in [0.29, 0.717) is 30.2 Å². The predicted molar refractivity (Wildman–Crippen MR) is 139 cm³/mol. The monoisotopic (exact) mass is 514 g/mol. The summed E-state index contributed by atoms with van der Waals surface area (Å²) in [6, 6.07) is 22.5. The fourth-order valence-electron chi connectivity index (χ4n) is 3.85. The van der Waals surface area contributed by atoms with E-state index in [1.807, 2.05) is 37.3 Å². The number of sulfonamides is 1. The summed E-state index contributed by atoms with van der Waals surface area (Å²) in [5, 5.41) is 3.33. The molecule has 1 N–H and O–H groups in total. The lowest BCUT2D eigenvalue weighted by atomic mass is 10.0. The second-order valence-corrected chi connectivity index (χ2v) is 10.5. The second-order valence-electron chi connectivity index (χ2n) is 8.14. The Kier molecular flexibility index (Phi) is 9.86. The minimum absolute atomic E-state index is 0.161. The second kappa shape index (κ2) is 12.8. The van der Waals surface area contributed by atoms with Gasteiger partial charge in [0.25, 0.3) is 5.91 Å². The number of nitrogens with one attached hydrogen (secondary N) is 1. The molecule has 3 aromatic rings. The van der Waals surface area contributed by atoms with E-state index in [4.69, 9.17) is 16.3 Å². The number of nitrogens with zero attached hydrogens (tertiary/aromatic N) is 1.